The number of phenolic OH excluding ortho intramolecular Hbond substituents is 1. The zero-order chi connectivity index (χ0) is 44.6. The maximum Gasteiger partial charge on any atom is 0.149 e. The third-order valence-electron chi connectivity index (χ3n) is 9.74. The highest BCUT2D eigenvalue weighted by atomic mass is 16.3. The van der Waals surface area contributed by atoms with E-state index in [1.165, 1.54) is 0 Å². The number of nitrogens with zero attached hydrogens (tertiary/aromatic N) is 3. The van der Waals surface area contributed by atoms with Crippen LogP contribution in [0.15, 0.2) is 158 Å². The fourth-order valence-corrected chi connectivity index (χ4v) is 6.77. The van der Waals surface area contributed by atoms with Gasteiger partial charge in [-0.05, 0) is 98.8 Å². The summed E-state index contributed by atoms with van der Waals surface area (Å²) in [6.07, 6.45) is -0.500. The third-order valence-corrected chi connectivity index (χ3v) is 9.74. The Morgan fingerprint density at radius 3 is 2.02 bits per heavy atom. The summed E-state index contributed by atoms with van der Waals surface area (Å²) in [7, 11) is 0. The van der Waals surface area contributed by atoms with Crippen molar-refractivity contribution in [3.8, 4) is 67.5 Å². The normalized spacial score (nSPS) is 14.0. The molecule has 0 aliphatic heterocycles. The van der Waals surface area contributed by atoms with Gasteiger partial charge >= 0.3 is 0 Å². The number of rotatable bonds is 6. The smallest absolute Gasteiger partial charge is 0.149 e. The number of para-hydroxylation sites is 2. The number of phenols is 1. The molecule has 4 nitrogen and oxygen atoms in total. The van der Waals surface area contributed by atoms with Gasteiger partial charge < -0.3 is 5.11 Å². The Balaban J connectivity index is 1.43. The van der Waals surface area contributed by atoms with Crippen molar-refractivity contribution in [3.63, 3.8) is 0 Å². The van der Waals surface area contributed by atoms with Crippen LogP contribution < -0.4 is 0 Å². The van der Waals surface area contributed by atoms with Crippen molar-refractivity contribution in [2.45, 2.75) is 52.4 Å². The molecule has 0 atom stereocenters. The average molecular weight is 712 g/mol. The fourth-order valence-electron chi connectivity index (χ4n) is 6.77. The van der Waals surface area contributed by atoms with Gasteiger partial charge in [0.2, 0.25) is 0 Å². The van der Waals surface area contributed by atoms with Crippen molar-refractivity contribution in [2.24, 2.45) is 0 Å². The molecular weight excluding hydrogens is 659 g/mol. The molecule has 0 bridgehead atoms. The zero-order valence-electron chi connectivity index (χ0n) is 39.2. The zero-order valence-corrected chi connectivity index (χ0v) is 31.2. The molecule has 6 aromatic carbocycles. The highest BCUT2D eigenvalue weighted by Crippen LogP contribution is 2.42. The van der Waals surface area contributed by atoms with E-state index in [1.54, 1.807) is 12.1 Å². The standard InChI is InChI=1S/C50H45N3O/c1-49(2,3)38-24-25-44(42(32-38)34-18-11-8-12-19-34)53-45-22-15-21-40(47(45)52-48(53)41-20-13-14-23-46(41)54)36-28-37(30-39(29-36)50(4,5)6)43-31-35(26-27-51-43)33-16-9-7-10-17-33/h7-32,54H,1-6H3/i7D,9D,10D,16D,17D,26D,27D,31D. The molecule has 8 rings (SSSR count). The van der Waals surface area contributed by atoms with E-state index in [0.717, 1.165) is 44.6 Å². The Morgan fingerprint density at radius 1 is 0.574 bits per heavy atom. The number of aromatic hydroxyl groups is 1. The molecule has 0 aliphatic rings. The minimum atomic E-state index is -0.599. The van der Waals surface area contributed by atoms with Gasteiger partial charge in [0, 0.05) is 22.9 Å². The molecule has 0 amide bonds. The summed E-state index contributed by atoms with van der Waals surface area (Å²) in [4.78, 5) is 9.77. The van der Waals surface area contributed by atoms with E-state index in [1.807, 2.05) is 60.7 Å². The van der Waals surface area contributed by atoms with Gasteiger partial charge in [0.15, 0.2) is 0 Å². The Labute approximate surface area is 329 Å². The van der Waals surface area contributed by atoms with Crippen LogP contribution in [0.25, 0.3) is 72.7 Å². The van der Waals surface area contributed by atoms with E-state index in [9.17, 15) is 6.48 Å². The number of aromatic nitrogens is 3. The van der Waals surface area contributed by atoms with E-state index < -0.39 is 47.8 Å². The lowest BCUT2D eigenvalue weighted by Gasteiger charge is -2.23. The number of hydrogen-bond acceptors (Lipinski definition) is 3. The maximum atomic E-state index is 11.4. The Morgan fingerprint density at radius 2 is 1.28 bits per heavy atom. The number of benzene rings is 6. The molecule has 0 aliphatic carbocycles. The van der Waals surface area contributed by atoms with Crippen LogP contribution in [0, 0.1) is 0 Å². The van der Waals surface area contributed by atoms with Crippen LogP contribution >= 0.6 is 0 Å². The van der Waals surface area contributed by atoms with Crippen LogP contribution in [0.1, 0.15) is 63.6 Å². The van der Waals surface area contributed by atoms with Gasteiger partial charge in [-0.25, -0.2) is 4.98 Å². The molecule has 0 radical (unpaired) electrons. The monoisotopic (exact) mass is 711 g/mol. The lowest BCUT2D eigenvalue weighted by molar-refractivity contribution is 0.477. The molecule has 0 saturated carbocycles. The molecule has 4 heteroatoms. The molecule has 266 valence electrons. The molecule has 2 aromatic heterocycles. The highest BCUT2D eigenvalue weighted by molar-refractivity contribution is 5.97. The Kier molecular flexibility index (Phi) is 6.68. The van der Waals surface area contributed by atoms with E-state index in [-0.39, 0.29) is 34.0 Å². The Hall–Kier alpha value is -6.26. The van der Waals surface area contributed by atoms with Gasteiger partial charge in [-0.2, -0.15) is 0 Å². The van der Waals surface area contributed by atoms with Gasteiger partial charge in [-0.3, -0.25) is 9.55 Å². The number of hydrogen-bond donors (Lipinski definition) is 1. The van der Waals surface area contributed by atoms with E-state index >= 15 is 0 Å². The molecule has 0 saturated heterocycles. The van der Waals surface area contributed by atoms with Gasteiger partial charge in [0.05, 0.1) is 38.9 Å². The summed E-state index contributed by atoms with van der Waals surface area (Å²) in [6.45, 7) is 12.7. The number of imidazole rings is 1. The molecule has 8 aromatic rings. The molecule has 0 fully saturated rings. The first-order valence-electron chi connectivity index (χ1n) is 22.0. The minimum Gasteiger partial charge on any atom is -0.507 e. The van der Waals surface area contributed by atoms with Crippen molar-refractivity contribution in [2.75, 3.05) is 0 Å². The molecule has 0 unspecified atom stereocenters. The van der Waals surface area contributed by atoms with Gasteiger partial charge in [0.1, 0.15) is 11.6 Å². The largest absolute Gasteiger partial charge is 0.507 e. The van der Waals surface area contributed by atoms with Crippen LogP contribution in [-0.4, -0.2) is 19.6 Å². The van der Waals surface area contributed by atoms with Crippen molar-refractivity contribution in [1.82, 2.24) is 14.5 Å². The topological polar surface area (TPSA) is 50.9 Å². The first-order chi connectivity index (χ1) is 29.3. The fraction of sp³-hybridized carbons (Fsp3) is 0.160. The summed E-state index contributed by atoms with van der Waals surface area (Å²) in [5.74, 6) is 0.602. The van der Waals surface area contributed by atoms with E-state index in [0.29, 0.717) is 22.5 Å². The quantitative estimate of drug-likeness (QED) is 0.187. The molecule has 2 heterocycles. The van der Waals surface area contributed by atoms with Gasteiger partial charge in [0.25, 0.3) is 0 Å². The Bertz CT molecular complexity index is 3060. The highest BCUT2D eigenvalue weighted by Gasteiger charge is 2.25. The summed E-state index contributed by atoms with van der Waals surface area (Å²) in [6, 6.07) is 31.8. The minimum absolute atomic E-state index is 0.0270. The predicted octanol–water partition coefficient (Wildman–Crippen LogP) is 13.1. The second-order valence-electron chi connectivity index (χ2n) is 15.6. The van der Waals surface area contributed by atoms with Crippen LogP contribution in [0.5, 0.6) is 5.75 Å². The van der Waals surface area contributed by atoms with Crippen LogP contribution in [0.3, 0.4) is 0 Å². The summed E-state index contributed by atoms with van der Waals surface area (Å²) < 4.78 is 71.1. The van der Waals surface area contributed by atoms with Crippen molar-refractivity contribution >= 4 is 11.0 Å². The molecule has 54 heavy (non-hydrogen) atoms. The second kappa shape index (κ2) is 13.6. The van der Waals surface area contributed by atoms with Crippen molar-refractivity contribution in [1.29, 1.82) is 0 Å². The SMILES string of the molecule is [2H]c1nc(-c2cc(-c3cccc4c3nc(-c3ccccc3O)n4-c3ccc(C(C)(C)C)cc3-c3ccccc3)cc(C(C)(C)C)c2)c([2H])c(-c2c([2H])c([2H])c([2H])c([2H])c2[2H])c1[2H]. The number of pyridine rings is 1. The van der Waals surface area contributed by atoms with Gasteiger partial charge in [-0.15, -0.1) is 0 Å². The summed E-state index contributed by atoms with van der Waals surface area (Å²) in [5, 5.41) is 11.4. The van der Waals surface area contributed by atoms with Crippen LogP contribution in [0.2, 0.25) is 0 Å². The number of fused-ring (bicyclic) bond motifs is 1. The lowest BCUT2D eigenvalue weighted by Crippen LogP contribution is -2.12. The molecule has 1 N–H and O–H groups in total. The summed E-state index contributed by atoms with van der Waals surface area (Å²) in [5.41, 5.74) is 7.68. The summed E-state index contributed by atoms with van der Waals surface area (Å²) >= 11 is 0. The second-order valence-corrected chi connectivity index (χ2v) is 15.6. The van der Waals surface area contributed by atoms with E-state index in [2.05, 4.69) is 87.5 Å². The molecular formula is C50H45N3O. The van der Waals surface area contributed by atoms with E-state index in [4.69, 9.17) is 14.6 Å². The predicted molar refractivity (Wildman–Crippen MR) is 225 cm³/mol. The van der Waals surface area contributed by atoms with Crippen molar-refractivity contribution in [3.05, 3.63) is 169 Å². The first-order valence-corrected chi connectivity index (χ1v) is 18.0. The molecule has 0 spiro atoms. The average Bonchev–Trinajstić information content (AvgIpc) is 3.63. The third kappa shape index (κ3) is 6.60. The first kappa shape index (κ1) is 26.5. The van der Waals surface area contributed by atoms with Crippen LogP contribution in [0.4, 0.5) is 0 Å². The van der Waals surface area contributed by atoms with Crippen molar-refractivity contribution < 1.29 is 16.1 Å². The maximum absolute atomic E-state index is 11.4. The lowest BCUT2D eigenvalue weighted by atomic mass is 9.83. The van der Waals surface area contributed by atoms with Crippen LogP contribution in [-0.2, 0) is 10.8 Å². The van der Waals surface area contributed by atoms with Gasteiger partial charge in [-0.1, -0.05) is 138 Å².